The van der Waals surface area contributed by atoms with Gasteiger partial charge in [0.2, 0.25) is 0 Å². The molecule has 0 saturated carbocycles. The van der Waals surface area contributed by atoms with Gasteiger partial charge in [-0.25, -0.2) is 0 Å². The summed E-state index contributed by atoms with van der Waals surface area (Å²) in [4.78, 5) is 2.60. The molecule has 1 spiro atoms. The molecule has 12 aromatic rings. The van der Waals surface area contributed by atoms with Crippen LogP contribution < -0.4 is 4.90 Å². The third kappa shape index (κ3) is 5.64. The highest BCUT2D eigenvalue weighted by molar-refractivity contribution is 7.26. The molecule has 0 fully saturated rings. The quantitative estimate of drug-likeness (QED) is 0.161. The average molecular weight is 934 g/mol. The zero-order valence-electron chi connectivity index (χ0n) is 40.0. The summed E-state index contributed by atoms with van der Waals surface area (Å²) < 4.78 is 2.64. The normalized spacial score (nSPS) is 15.2. The van der Waals surface area contributed by atoms with E-state index in [0.29, 0.717) is 0 Å². The molecule has 1 unspecified atom stereocenters. The maximum absolute atomic E-state index is 2.60. The van der Waals surface area contributed by atoms with Crippen molar-refractivity contribution >= 4 is 48.6 Å². The van der Waals surface area contributed by atoms with Crippen molar-refractivity contribution in [2.24, 2.45) is 0 Å². The van der Waals surface area contributed by atoms with Gasteiger partial charge in [-0.05, 0) is 125 Å². The van der Waals surface area contributed by atoms with Gasteiger partial charge in [0.1, 0.15) is 0 Å². The highest BCUT2D eigenvalue weighted by atomic mass is 32.1. The molecule has 3 aliphatic rings. The van der Waals surface area contributed by atoms with Gasteiger partial charge < -0.3 is 4.90 Å². The molecule has 15 rings (SSSR count). The maximum Gasteiger partial charge on any atom is 0.0726 e. The second-order valence-corrected chi connectivity index (χ2v) is 21.3. The number of fused-ring (bicyclic) bond motifs is 16. The molecule has 0 radical (unpaired) electrons. The summed E-state index contributed by atoms with van der Waals surface area (Å²) in [7, 11) is 0. The minimum atomic E-state index is -0.537. The Balaban J connectivity index is 1.02. The lowest BCUT2D eigenvalue weighted by Crippen LogP contribution is -2.26. The fraction of sp³-hybridized carbons (Fsp3) is 0.0571. The second kappa shape index (κ2) is 15.5. The zero-order valence-corrected chi connectivity index (χ0v) is 40.8. The molecule has 1 nitrogen and oxygen atoms in total. The first-order valence-electron chi connectivity index (χ1n) is 25.2. The molecule has 11 aromatic carbocycles. The van der Waals surface area contributed by atoms with Gasteiger partial charge in [-0.2, -0.15) is 0 Å². The van der Waals surface area contributed by atoms with E-state index in [0.717, 1.165) is 11.4 Å². The van der Waals surface area contributed by atoms with Crippen molar-refractivity contribution in [1.29, 1.82) is 0 Å². The second-order valence-electron chi connectivity index (χ2n) is 20.2. The highest BCUT2D eigenvalue weighted by Crippen LogP contribution is 2.66. The van der Waals surface area contributed by atoms with E-state index in [-0.39, 0.29) is 5.41 Å². The summed E-state index contributed by atoms with van der Waals surface area (Å²) in [5.41, 5.74) is 25.9. The first kappa shape index (κ1) is 41.2. The van der Waals surface area contributed by atoms with E-state index >= 15 is 0 Å². The van der Waals surface area contributed by atoms with Gasteiger partial charge in [0.05, 0.1) is 16.8 Å². The maximum atomic E-state index is 2.60. The standard InChI is InChI=1S/C70H47NS/c1-69(2)57-29-13-10-25-55(57)66-63(42-41-49(67(66)69)45-21-7-4-8-22-45)71(48-38-35-46(36-39-48)50-27-17-28-54-53-24-12-16-34-64(53)72-68(50)54)62-33-18-32-60-65(62)56-26-11-15-31-59(56)70(60)58-30-14-9-23-51(58)52-40-37-47(43-61(52)70)44-19-5-3-6-20-44/h3-43H,1-2H3. The van der Waals surface area contributed by atoms with Crippen molar-refractivity contribution in [2.75, 3.05) is 4.90 Å². The number of benzene rings is 11. The lowest BCUT2D eigenvalue weighted by molar-refractivity contribution is 0.662. The Kier molecular flexibility index (Phi) is 8.86. The minimum absolute atomic E-state index is 0.255. The van der Waals surface area contributed by atoms with Gasteiger partial charge in [0.25, 0.3) is 0 Å². The molecule has 0 saturated heterocycles. The number of nitrogens with zero attached hydrogens (tertiary/aromatic N) is 1. The van der Waals surface area contributed by atoms with Crippen LogP contribution in [0.5, 0.6) is 0 Å². The third-order valence-corrected chi connectivity index (χ3v) is 17.5. The number of anilines is 3. The SMILES string of the molecule is CC1(C)c2ccccc2-c2c(N(c3ccc(-c4cccc5c4sc4ccccc45)cc3)c3cccc4c3-c3ccccc3C43c4ccccc4-c4ccc(-c5ccccc5)cc43)ccc(-c3ccccc3)c21. The van der Waals surface area contributed by atoms with Crippen molar-refractivity contribution in [2.45, 2.75) is 24.7 Å². The Morgan fingerprint density at radius 3 is 1.64 bits per heavy atom. The summed E-state index contributed by atoms with van der Waals surface area (Å²) in [6.07, 6.45) is 0. The summed E-state index contributed by atoms with van der Waals surface area (Å²) >= 11 is 1.89. The Morgan fingerprint density at radius 1 is 0.333 bits per heavy atom. The lowest BCUT2D eigenvalue weighted by atomic mass is 9.70. The van der Waals surface area contributed by atoms with Gasteiger partial charge in [0, 0.05) is 42.4 Å². The zero-order chi connectivity index (χ0) is 47.7. The molecule has 1 heterocycles. The Labute approximate surface area is 424 Å². The van der Waals surface area contributed by atoms with Crippen molar-refractivity contribution < 1.29 is 0 Å². The van der Waals surface area contributed by atoms with E-state index in [9.17, 15) is 0 Å². The number of hydrogen-bond acceptors (Lipinski definition) is 2. The van der Waals surface area contributed by atoms with Crippen LogP contribution >= 0.6 is 11.3 Å². The van der Waals surface area contributed by atoms with E-state index in [4.69, 9.17) is 0 Å². The van der Waals surface area contributed by atoms with E-state index < -0.39 is 5.41 Å². The molecule has 0 aliphatic heterocycles. The van der Waals surface area contributed by atoms with Crippen LogP contribution in [0, 0.1) is 0 Å². The van der Waals surface area contributed by atoms with Crippen LogP contribution in [0.4, 0.5) is 17.1 Å². The fourth-order valence-corrected chi connectivity index (χ4v) is 14.5. The first-order valence-corrected chi connectivity index (χ1v) is 26.0. The number of rotatable bonds is 6. The van der Waals surface area contributed by atoms with Crippen molar-refractivity contribution in [3.05, 3.63) is 282 Å². The van der Waals surface area contributed by atoms with E-state index in [1.54, 1.807) is 0 Å². The lowest BCUT2D eigenvalue weighted by Gasteiger charge is -2.33. The van der Waals surface area contributed by atoms with E-state index in [1.165, 1.54) is 126 Å². The molecular weight excluding hydrogens is 887 g/mol. The predicted molar refractivity (Wildman–Crippen MR) is 304 cm³/mol. The van der Waals surface area contributed by atoms with Crippen LogP contribution in [0.3, 0.4) is 0 Å². The number of thiophene rings is 1. The molecule has 72 heavy (non-hydrogen) atoms. The van der Waals surface area contributed by atoms with Gasteiger partial charge in [-0.3, -0.25) is 0 Å². The van der Waals surface area contributed by atoms with Crippen molar-refractivity contribution in [1.82, 2.24) is 0 Å². The Hall–Kier alpha value is -8.56. The molecule has 2 heteroatoms. The van der Waals surface area contributed by atoms with Crippen molar-refractivity contribution in [3.8, 4) is 66.8 Å². The fourth-order valence-electron chi connectivity index (χ4n) is 13.3. The van der Waals surface area contributed by atoms with Crippen LogP contribution in [-0.2, 0) is 10.8 Å². The summed E-state index contributed by atoms with van der Waals surface area (Å²) in [5, 5.41) is 2.63. The predicted octanol–water partition coefficient (Wildman–Crippen LogP) is 19.2. The molecular formula is C70H47NS. The molecule has 0 bridgehead atoms. The summed E-state index contributed by atoms with van der Waals surface area (Å²) in [5.74, 6) is 0. The van der Waals surface area contributed by atoms with Gasteiger partial charge in [-0.15, -0.1) is 11.3 Å². The smallest absolute Gasteiger partial charge is 0.0726 e. The van der Waals surface area contributed by atoms with Crippen LogP contribution in [0.25, 0.3) is 86.9 Å². The minimum Gasteiger partial charge on any atom is -0.309 e. The highest BCUT2D eigenvalue weighted by Gasteiger charge is 2.53. The largest absolute Gasteiger partial charge is 0.309 e. The third-order valence-electron chi connectivity index (χ3n) is 16.3. The molecule has 1 atom stereocenters. The van der Waals surface area contributed by atoms with Gasteiger partial charge >= 0.3 is 0 Å². The van der Waals surface area contributed by atoms with E-state index in [1.807, 2.05) is 11.3 Å². The van der Waals surface area contributed by atoms with Gasteiger partial charge in [-0.1, -0.05) is 226 Å². The van der Waals surface area contributed by atoms with Crippen LogP contribution in [0.2, 0.25) is 0 Å². The molecule has 1 aromatic heterocycles. The topological polar surface area (TPSA) is 3.24 Å². The Morgan fingerprint density at radius 2 is 0.861 bits per heavy atom. The monoisotopic (exact) mass is 933 g/mol. The van der Waals surface area contributed by atoms with Gasteiger partial charge in [0.15, 0.2) is 0 Å². The molecule has 0 amide bonds. The Bertz CT molecular complexity index is 4180. The van der Waals surface area contributed by atoms with Crippen LogP contribution in [-0.4, -0.2) is 0 Å². The summed E-state index contributed by atoms with van der Waals surface area (Å²) in [6.45, 7) is 4.83. The van der Waals surface area contributed by atoms with Crippen LogP contribution in [0.1, 0.15) is 47.2 Å². The number of hydrogen-bond donors (Lipinski definition) is 0. The summed E-state index contributed by atoms with van der Waals surface area (Å²) in [6, 6.07) is 93.5. The molecule has 0 N–H and O–H groups in total. The molecule has 3 aliphatic carbocycles. The van der Waals surface area contributed by atoms with Crippen molar-refractivity contribution in [3.63, 3.8) is 0 Å². The average Bonchev–Trinajstić information content (AvgIpc) is 4.14. The first-order chi connectivity index (χ1) is 35.5. The van der Waals surface area contributed by atoms with Crippen LogP contribution in [0.15, 0.2) is 249 Å². The molecule has 338 valence electrons. The van der Waals surface area contributed by atoms with E-state index in [2.05, 4.69) is 267 Å².